The molecule has 7 heteroatoms. The molecule has 0 radical (unpaired) electrons. The second-order valence-corrected chi connectivity index (χ2v) is 9.73. The molecular formula is C29H31ClN4O2. The van der Waals surface area contributed by atoms with Crippen LogP contribution >= 0.6 is 11.6 Å². The summed E-state index contributed by atoms with van der Waals surface area (Å²) in [5, 5.41) is 7.18. The molecule has 0 aliphatic carbocycles. The molecular weight excluding hydrogens is 472 g/mol. The lowest BCUT2D eigenvalue weighted by Crippen LogP contribution is -2.49. The summed E-state index contributed by atoms with van der Waals surface area (Å²) in [5.41, 5.74) is 4.12. The number of hydrazone groups is 1. The lowest BCUT2D eigenvalue weighted by Gasteiger charge is -2.35. The minimum Gasteiger partial charge on any atom is -0.496 e. The van der Waals surface area contributed by atoms with Crippen LogP contribution in [0.3, 0.4) is 0 Å². The van der Waals surface area contributed by atoms with Crippen molar-refractivity contribution in [2.24, 2.45) is 5.10 Å². The fraction of sp³-hybridized carbons (Fsp3) is 0.310. The summed E-state index contributed by atoms with van der Waals surface area (Å²) < 4.78 is 5.57. The Bertz CT molecular complexity index is 1210. The minimum absolute atomic E-state index is 0.0105. The van der Waals surface area contributed by atoms with Crippen LogP contribution in [0.5, 0.6) is 5.75 Å². The summed E-state index contributed by atoms with van der Waals surface area (Å²) in [6.07, 6.45) is 0.624. The molecule has 0 aromatic heterocycles. The van der Waals surface area contributed by atoms with E-state index in [1.165, 1.54) is 5.56 Å². The van der Waals surface area contributed by atoms with Crippen molar-refractivity contribution in [3.63, 3.8) is 0 Å². The zero-order valence-corrected chi connectivity index (χ0v) is 21.3. The van der Waals surface area contributed by atoms with E-state index in [1.807, 2.05) is 54.6 Å². The minimum atomic E-state index is -0.172. The predicted molar refractivity (Wildman–Crippen MR) is 143 cm³/mol. The first-order chi connectivity index (χ1) is 17.6. The maximum absolute atomic E-state index is 13.6. The monoisotopic (exact) mass is 502 g/mol. The van der Waals surface area contributed by atoms with E-state index < -0.39 is 0 Å². The van der Waals surface area contributed by atoms with Gasteiger partial charge in [-0.25, -0.2) is 5.01 Å². The lowest BCUT2D eigenvalue weighted by molar-refractivity contribution is -0.134. The number of halogens is 1. The van der Waals surface area contributed by atoms with E-state index in [4.69, 9.17) is 21.4 Å². The Balaban J connectivity index is 1.29. The molecule has 0 unspecified atom stereocenters. The van der Waals surface area contributed by atoms with E-state index >= 15 is 0 Å². The number of hydrogen-bond acceptors (Lipinski definition) is 5. The third-order valence-electron chi connectivity index (χ3n) is 6.91. The topological polar surface area (TPSA) is 48.4 Å². The Labute approximate surface area is 217 Å². The highest BCUT2D eigenvalue weighted by atomic mass is 35.5. The fourth-order valence-electron chi connectivity index (χ4n) is 4.94. The van der Waals surface area contributed by atoms with Crippen LogP contribution < -0.4 is 4.74 Å². The summed E-state index contributed by atoms with van der Waals surface area (Å²) >= 11 is 6.14. The van der Waals surface area contributed by atoms with Crippen LogP contribution in [0.25, 0.3) is 0 Å². The molecule has 36 heavy (non-hydrogen) atoms. The zero-order chi connectivity index (χ0) is 24.9. The molecule has 2 heterocycles. The number of hydrogen-bond donors (Lipinski definition) is 0. The van der Waals surface area contributed by atoms with E-state index in [9.17, 15) is 4.79 Å². The standard InChI is InChI=1S/C29H31ClN4O2/c1-36-28-10-6-5-9-25(28)26-19-27(23-11-13-24(30)14-12-23)34(31-26)29(35)21-33-17-15-32(16-18-33)20-22-7-3-2-4-8-22/h2-14,27H,15-21H2,1H3/t27-/m0/s1. The van der Waals surface area contributed by atoms with Gasteiger partial charge in [0.1, 0.15) is 5.75 Å². The van der Waals surface area contributed by atoms with Crippen molar-refractivity contribution in [3.8, 4) is 5.75 Å². The van der Waals surface area contributed by atoms with Gasteiger partial charge in [-0.05, 0) is 35.4 Å². The van der Waals surface area contributed by atoms with Crippen LogP contribution in [0, 0.1) is 0 Å². The first-order valence-electron chi connectivity index (χ1n) is 12.4. The van der Waals surface area contributed by atoms with Crippen molar-refractivity contribution in [2.45, 2.75) is 19.0 Å². The van der Waals surface area contributed by atoms with Crippen LogP contribution in [0.15, 0.2) is 84.0 Å². The SMILES string of the molecule is COc1ccccc1C1=NN(C(=O)CN2CCN(Cc3ccccc3)CC2)[C@H](c2ccc(Cl)cc2)C1. The quantitative estimate of drug-likeness (QED) is 0.463. The summed E-state index contributed by atoms with van der Waals surface area (Å²) in [6, 6.07) is 25.9. The number of methoxy groups -OCH3 is 1. The van der Waals surface area contributed by atoms with Gasteiger partial charge in [0.2, 0.25) is 0 Å². The highest BCUT2D eigenvalue weighted by Crippen LogP contribution is 2.35. The molecule has 0 bridgehead atoms. The average Bonchev–Trinajstić information content (AvgIpc) is 3.36. The first kappa shape index (κ1) is 24.5. The Morgan fingerprint density at radius 2 is 1.58 bits per heavy atom. The molecule has 2 aliphatic heterocycles. The molecule has 1 saturated heterocycles. The maximum Gasteiger partial charge on any atom is 0.257 e. The number of benzene rings is 3. The van der Waals surface area contributed by atoms with E-state index in [0.29, 0.717) is 18.0 Å². The summed E-state index contributed by atoms with van der Waals surface area (Å²) in [7, 11) is 1.66. The first-order valence-corrected chi connectivity index (χ1v) is 12.8. The Hall–Kier alpha value is -3.19. The lowest BCUT2D eigenvalue weighted by atomic mass is 9.98. The second kappa shape index (κ2) is 11.2. The summed E-state index contributed by atoms with van der Waals surface area (Å²) in [5.74, 6) is 0.770. The molecule has 2 aliphatic rings. The number of nitrogens with zero attached hydrogens (tertiary/aromatic N) is 4. The van der Waals surface area contributed by atoms with Gasteiger partial charge in [0, 0.05) is 49.7 Å². The molecule has 186 valence electrons. The summed E-state index contributed by atoms with van der Waals surface area (Å²) in [4.78, 5) is 18.3. The number of ether oxygens (including phenoxy) is 1. The molecule has 0 N–H and O–H groups in total. The van der Waals surface area contributed by atoms with Gasteiger partial charge in [-0.1, -0.05) is 66.2 Å². The van der Waals surface area contributed by atoms with Gasteiger partial charge in [0.25, 0.3) is 5.91 Å². The van der Waals surface area contributed by atoms with E-state index in [0.717, 1.165) is 55.3 Å². The van der Waals surface area contributed by atoms with Crippen molar-refractivity contribution in [2.75, 3.05) is 39.8 Å². The average molecular weight is 503 g/mol. The van der Waals surface area contributed by atoms with Crippen LogP contribution in [-0.4, -0.2) is 66.3 Å². The van der Waals surface area contributed by atoms with E-state index in [1.54, 1.807) is 12.1 Å². The van der Waals surface area contributed by atoms with Gasteiger partial charge in [0.15, 0.2) is 0 Å². The largest absolute Gasteiger partial charge is 0.496 e. The number of carbonyl (C=O) groups excluding carboxylic acids is 1. The van der Waals surface area contributed by atoms with E-state index in [-0.39, 0.29) is 11.9 Å². The van der Waals surface area contributed by atoms with Crippen LogP contribution in [0.1, 0.15) is 29.2 Å². The molecule has 1 atom stereocenters. The van der Waals surface area contributed by atoms with Crippen molar-refractivity contribution >= 4 is 23.2 Å². The fourth-order valence-corrected chi connectivity index (χ4v) is 5.07. The third-order valence-corrected chi connectivity index (χ3v) is 7.16. The molecule has 5 rings (SSSR count). The van der Waals surface area contributed by atoms with Gasteiger partial charge in [-0.15, -0.1) is 0 Å². The highest BCUT2D eigenvalue weighted by molar-refractivity contribution is 6.30. The number of carbonyl (C=O) groups is 1. The molecule has 0 spiro atoms. The van der Waals surface area contributed by atoms with Crippen LogP contribution in [0.4, 0.5) is 0 Å². The summed E-state index contributed by atoms with van der Waals surface area (Å²) in [6.45, 7) is 4.91. The van der Waals surface area contributed by atoms with Gasteiger partial charge in [-0.2, -0.15) is 5.10 Å². The molecule has 3 aromatic carbocycles. The van der Waals surface area contributed by atoms with Crippen LogP contribution in [-0.2, 0) is 11.3 Å². The molecule has 1 amide bonds. The van der Waals surface area contributed by atoms with Gasteiger partial charge in [0.05, 0.1) is 25.4 Å². The van der Waals surface area contributed by atoms with Gasteiger partial charge in [-0.3, -0.25) is 14.6 Å². The third kappa shape index (κ3) is 5.62. The van der Waals surface area contributed by atoms with Crippen molar-refractivity contribution in [3.05, 3.63) is 101 Å². The highest BCUT2D eigenvalue weighted by Gasteiger charge is 2.35. The van der Waals surface area contributed by atoms with Gasteiger partial charge >= 0.3 is 0 Å². The molecule has 0 saturated carbocycles. The zero-order valence-electron chi connectivity index (χ0n) is 20.5. The smallest absolute Gasteiger partial charge is 0.257 e. The molecule has 3 aromatic rings. The van der Waals surface area contributed by atoms with Crippen molar-refractivity contribution in [1.82, 2.24) is 14.8 Å². The number of piperazine rings is 1. The van der Waals surface area contributed by atoms with Crippen molar-refractivity contribution in [1.29, 1.82) is 0 Å². The molecule has 6 nitrogen and oxygen atoms in total. The second-order valence-electron chi connectivity index (χ2n) is 9.29. The number of para-hydroxylation sites is 1. The normalized spacial score (nSPS) is 18.8. The van der Waals surface area contributed by atoms with Crippen molar-refractivity contribution < 1.29 is 9.53 Å². The predicted octanol–water partition coefficient (Wildman–Crippen LogP) is 4.84. The number of amides is 1. The van der Waals surface area contributed by atoms with Crippen LogP contribution in [0.2, 0.25) is 5.02 Å². The molecule has 1 fully saturated rings. The number of rotatable bonds is 7. The Morgan fingerprint density at radius 1 is 0.917 bits per heavy atom. The Morgan fingerprint density at radius 3 is 2.31 bits per heavy atom. The van der Waals surface area contributed by atoms with Gasteiger partial charge < -0.3 is 4.74 Å². The maximum atomic E-state index is 13.6. The Kier molecular flexibility index (Phi) is 7.66. The van der Waals surface area contributed by atoms with E-state index in [2.05, 4.69) is 34.1 Å².